The highest BCUT2D eigenvalue weighted by Crippen LogP contribution is 2.15. The first-order valence-electron chi connectivity index (χ1n) is 8.47. The van der Waals surface area contributed by atoms with Crippen molar-refractivity contribution in [3.05, 3.63) is 59.7 Å². The van der Waals surface area contributed by atoms with E-state index in [1.807, 2.05) is 31.2 Å². The van der Waals surface area contributed by atoms with Crippen LogP contribution in [0, 0.1) is 0 Å². The van der Waals surface area contributed by atoms with Gasteiger partial charge in [0.05, 0.1) is 6.04 Å². The number of aryl methyl sites for hydroxylation is 1. The number of carbonyl (C=O) groups excluding carboxylic acids is 3. The van der Waals surface area contributed by atoms with Gasteiger partial charge >= 0.3 is 11.8 Å². The fourth-order valence-corrected chi connectivity index (χ4v) is 2.42. The molecule has 0 saturated heterocycles. The fraction of sp³-hybridized carbons (Fsp3) is 0.250. The van der Waals surface area contributed by atoms with Crippen LogP contribution in [0.2, 0.25) is 0 Å². The third kappa shape index (κ3) is 5.44. The second-order valence-electron chi connectivity index (χ2n) is 6.00. The molecule has 0 aliphatic rings. The minimum Gasteiger partial charge on any atom is -0.341 e. The normalized spacial score (nSPS) is 11.3. The molecule has 1 unspecified atom stereocenters. The van der Waals surface area contributed by atoms with Gasteiger partial charge in [-0.25, -0.2) is 0 Å². The topological polar surface area (TPSA) is 87.3 Å². The fourth-order valence-electron chi connectivity index (χ4n) is 2.42. The Kier molecular flexibility index (Phi) is 6.49. The van der Waals surface area contributed by atoms with Gasteiger partial charge in [-0.3, -0.25) is 14.4 Å². The van der Waals surface area contributed by atoms with E-state index < -0.39 is 11.8 Å². The summed E-state index contributed by atoms with van der Waals surface area (Å²) in [6.45, 7) is 5.32. The van der Waals surface area contributed by atoms with Crippen LogP contribution in [0.3, 0.4) is 0 Å². The molecule has 0 saturated carbocycles. The van der Waals surface area contributed by atoms with Gasteiger partial charge in [0.2, 0.25) is 5.91 Å². The Labute approximate surface area is 153 Å². The number of nitrogens with one attached hydrogen (secondary N) is 3. The van der Waals surface area contributed by atoms with Crippen LogP contribution >= 0.6 is 0 Å². The summed E-state index contributed by atoms with van der Waals surface area (Å²) in [6.07, 6.45) is 0.949. The molecule has 2 aromatic rings. The molecule has 0 aliphatic heterocycles. The van der Waals surface area contributed by atoms with Crippen LogP contribution in [-0.4, -0.2) is 17.7 Å². The Morgan fingerprint density at radius 1 is 0.846 bits per heavy atom. The number of amides is 3. The standard InChI is InChI=1S/C20H23N3O3/c1-4-15-5-7-16(8-6-15)13(2)21-19(25)20(26)23-18-11-9-17(10-12-18)22-14(3)24/h5-13H,4H2,1-3H3,(H,21,25)(H,22,24)(H,23,26). The summed E-state index contributed by atoms with van der Waals surface area (Å²) < 4.78 is 0. The molecule has 3 N–H and O–H groups in total. The van der Waals surface area contributed by atoms with Gasteiger partial charge in [0.1, 0.15) is 0 Å². The van der Waals surface area contributed by atoms with E-state index in [0.717, 1.165) is 12.0 Å². The Balaban J connectivity index is 1.91. The van der Waals surface area contributed by atoms with Crippen LogP contribution in [0.1, 0.15) is 37.9 Å². The van der Waals surface area contributed by atoms with E-state index in [-0.39, 0.29) is 11.9 Å². The smallest absolute Gasteiger partial charge is 0.313 e. The summed E-state index contributed by atoms with van der Waals surface area (Å²) in [6, 6.07) is 14.2. The van der Waals surface area contributed by atoms with E-state index >= 15 is 0 Å². The number of carbonyl (C=O) groups is 3. The van der Waals surface area contributed by atoms with Crippen LogP contribution < -0.4 is 16.0 Å². The predicted molar refractivity (Wildman–Crippen MR) is 102 cm³/mol. The monoisotopic (exact) mass is 353 g/mol. The van der Waals surface area contributed by atoms with Crippen LogP contribution in [0.4, 0.5) is 11.4 Å². The molecular weight excluding hydrogens is 330 g/mol. The summed E-state index contributed by atoms with van der Waals surface area (Å²) in [5, 5.41) is 7.85. The Morgan fingerprint density at radius 3 is 1.88 bits per heavy atom. The van der Waals surface area contributed by atoms with E-state index in [4.69, 9.17) is 0 Å². The van der Waals surface area contributed by atoms with Crippen molar-refractivity contribution in [2.45, 2.75) is 33.2 Å². The van der Waals surface area contributed by atoms with E-state index in [2.05, 4.69) is 22.9 Å². The van der Waals surface area contributed by atoms with E-state index in [1.54, 1.807) is 24.3 Å². The summed E-state index contributed by atoms with van der Waals surface area (Å²) in [5.74, 6) is -1.63. The van der Waals surface area contributed by atoms with Crippen molar-refractivity contribution in [3.63, 3.8) is 0 Å². The highest BCUT2D eigenvalue weighted by atomic mass is 16.2. The largest absolute Gasteiger partial charge is 0.341 e. The van der Waals surface area contributed by atoms with E-state index in [9.17, 15) is 14.4 Å². The second-order valence-corrected chi connectivity index (χ2v) is 6.00. The number of rotatable bonds is 5. The van der Waals surface area contributed by atoms with Crippen LogP contribution in [0.15, 0.2) is 48.5 Å². The maximum absolute atomic E-state index is 12.1. The summed E-state index contributed by atoms with van der Waals surface area (Å²) in [4.78, 5) is 35.1. The third-order valence-electron chi connectivity index (χ3n) is 3.90. The van der Waals surface area contributed by atoms with Crippen molar-refractivity contribution in [2.24, 2.45) is 0 Å². The van der Waals surface area contributed by atoms with Gasteiger partial charge in [0.15, 0.2) is 0 Å². The minimum atomic E-state index is -0.741. The SMILES string of the molecule is CCc1ccc(C(C)NC(=O)C(=O)Nc2ccc(NC(C)=O)cc2)cc1. The molecule has 0 spiro atoms. The van der Waals surface area contributed by atoms with Crippen LogP contribution in [0.25, 0.3) is 0 Å². The number of benzene rings is 2. The van der Waals surface area contributed by atoms with Crippen molar-refractivity contribution in [2.75, 3.05) is 10.6 Å². The molecule has 3 amide bonds. The maximum Gasteiger partial charge on any atom is 0.313 e. The lowest BCUT2D eigenvalue weighted by Crippen LogP contribution is -2.36. The van der Waals surface area contributed by atoms with Crippen molar-refractivity contribution in [3.8, 4) is 0 Å². The molecule has 0 aromatic heterocycles. The average molecular weight is 353 g/mol. The molecule has 0 heterocycles. The second kappa shape index (κ2) is 8.80. The zero-order chi connectivity index (χ0) is 19.1. The first-order chi connectivity index (χ1) is 12.4. The predicted octanol–water partition coefficient (Wildman–Crippen LogP) is 3.02. The molecule has 0 radical (unpaired) electrons. The van der Waals surface area contributed by atoms with Crippen molar-refractivity contribution >= 4 is 29.1 Å². The zero-order valence-electron chi connectivity index (χ0n) is 15.1. The lowest BCUT2D eigenvalue weighted by Gasteiger charge is -2.14. The minimum absolute atomic E-state index is 0.179. The number of anilines is 2. The van der Waals surface area contributed by atoms with Gasteiger partial charge in [-0.05, 0) is 48.7 Å². The molecule has 0 aliphatic carbocycles. The lowest BCUT2D eigenvalue weighted by atomic mass is 10.1. The quantitative estimate of drug-likeness (QED) is 0.722. The van der Waals surface area contributed by atoms with Crippen molar-refractivity contribution in [1.82, 2.24) is 5.32 Å². The van der Waals surface area contributed by atoms with Gasteiger partial charge in [-0.1, -0.05) is 31.2 Å². The number of hydrogen-bond acceptors (Lipinski definition) is 3. The summed E-state index contributed by atoms with van der Waals surface area (Å²) >= 11 is 0. The highest BCUT2D eigenvalue weighted by molar-refractivity contribution is 6.39. The van der Waals surface area contributed by atoms with Crippen LogP contribution in [0.5, 0.6) is 0 Å². The average Bonchev–Trinajstić information content (AvgIpc) is 2.62. The van der Waals surface area contributed by atoms with Gasteiger partial charge in [-0.15, -0.1) is 0 Å². The maximum atomic E-state index is 12.1. The molecule has 26 heavy (non-hydrogen) atoms. The molecule has 6 heteroatoms. The third-order valence-corrected chi connectivity index (χ3v) is 3.90. The molecular formula is C20H23N3O3. The van der Waals surface area contributed by atoms with Crippen molar-refractivity contribution in [1.29, 1.82) is 0 Å². The molecule has 2 aromatic carbocycles. The molecule has 2 rings (SSSR count). The molecule has 6 nitrogen and oxygen atoms in total. The van der Waals surface area contributed by atoms with Gasteiger partial charge < -0.3 is 16.0 Å². The molecule has 136 valence electrons. The van der Waals surface area contributed by atoms with Gasteiger partial charge in [-0.2, -0.15) is 0 Å². The first kappa shape index (κ1) is 19.2. The highest BCUT2D eigenvalue weighted by Gasteiger charge is 2.17. The van der Waals surface area contributed by atoms with Crippen LogP contribution in [-0.2, 0) is 20.8 Å². The van der Waals surface area contributed by atoms with Crippen molar-refractivity contribution < 1.29 is 14.4 Å². The lowest BCUT2D eigenvalue weighted by molar-refractivity contribution is -0.136. The molecule has 1 atom stereocenters. The first-order valence-corrected chi connectivity index (χ1v) is 8.47. The Morgan fingerprint density at radius 2 is 1.38 bits per heavy atom. The molecule has 0 bridgehead atoms. The summed E-state index contributed by atoms with van der Waals surface area (Å²) in [7, 11) is 0. The van der Waals surface area contributed by atoms with E-state index in [1.165, 1.54) is 12.5 Å². The van der Waals surface area contributed by atoms with Gasteiger partial charge in [0.25, 0.3) is 0 Å². The summed E-state index contributed by atoms with van der Waals surface area (Å²) in [5.41, 5.74) is 3.24. The Hall–Kier alpha value is -3.15. The molecule has 0 fully saturated rings. The Bertz CT molecular complexity index is 783. The number of hydrogen-bond donors (Lipinski definition) is 3. The van der Waals surface area contributed by atoms with Gasteiger partial charge in [0, 0.05) is 18.3 Å². The zero-order valence-corrected chi connectivity index (χ0v) is 15.1. The van der Waals surface area contributed by atoms with E-state index in [0.29, 0.717) is 11.4 Å².